The van der Waals surface area contributed by atoms with Gasteiger partial charge in [0.05, 0.1) is 5.41 Å². The van der Waals surface area contributed by atoms with E-state index < -0.39 is 16.6 Å². The lowest BCUT2D eigenvalue weighted by Gasteiger charge is -2.33. The second-order valence-corrected chi connectivity index (χ2v) is 12.2. The van der Waals surface area contributed by atoms with Crippen LogP contribution in [0.1, 0.15) is 55.5 Å². The van der Waals surface area contributed by atoms with Gasteiger partial charge in [0.2, 0.25) is 17.7 Å². The number of amides is 3. The minimum Gasteiger partial charge on any atom is -0.349 e. The number of fused-ring (bicyclic) bond motifs is 3. The standard InChI is InChI=1S/C33H38N4O5/c1-31(2,3)30(40)37(19-22-10-7-8-11-25(22)32(4,41-5)42-6)20-27(38)35-24-14-13-21-17-33(18-23(21)16-24)26-12-9-15-34-28(26)36-29(33)39/h7-16H,17-20H2,1-6H3,(H,35,38)(H,34,36,39). The molecule has 3 amide bonds. The number of hydrogen-bond donors (Lipinski definition) is 2. The Morgan fingerprint density at radius 1 is 1.00 bits per heavy atom. The van der Waals surface area contributed by atoms with E-state index in [-0.39, 0.29) is 30.8 Å². The Kier molecular flexibility index (Phi) is 7.68. The van der Waals surface area contributed by atoms with Crippen molar-refractivity contribution in [3.8, 4) is 0 Å². The lowest BCUT2D eigenvalue weighted by atomic mass is 9.79. The van der Waals surface area contributed by atoms with Gasteiger partial charge in [-0.15, -0.1) is 0 Å². The number of rotatable bonds is 8. The summed E-state index contributed by atoms with van der Waals surface area (Å²) in [7, 11) is 3.14. The minimum atomic E-state index is -1.01. The van der Waals surface area contributed by atoms with Gasteiger partial charge in [-0.3, -0.25) is 14.4 Å². The van der Waals surface area contributed by atoms with Crippen LogP contribution < -0.4 is 10.6 Å². The van der Waals surface area contributed by atoms with E-state index in [1.807, 2.05) is 82.3 Å². The predicted octanol–water partition coefficient (Wildman–Crippen LogP) is 4.55. The first-order valence-electron chi connectivity index (χ1n) is 14.1. The Balaban J connectivity index is 1.35. The number of aromatic nitrogens is 1. The molecule has 1 atom stereocenters. The number of ether oxygens (including phenoxy) is 2. The summed E-state index contributed by atoms with van der Waals surface area (Å²) in [6.45, 7) is 7.40. The summed E-state index contributed by atoms with van der Waals surface area (Å²) in [4.78, 5) is 45.9. The van der Waals surface area contributed by atoms with Gasteiger partial charge in [-0.05, 0) is 54.7 Å². The third-order valence-corrected chi connectivity index (χ3v) is 8.37. The molecule has 2 aromatic carbocycles. The molecule has 3 aromatic rings. The Hall–Kier alpha value is -4.08. The number of anilines is 2. The fraction of sp³-hybridized carbons (Fsp3) is 0.394. The van der Waals surface area contributed by atoms with E-state index in [1.165, 1.54) is 0 Å². The maximum Gasteiger partial charge on any atom is 0.244 e. The normalized spacial score (nSPS) is 17.5. The molecular weight excluding hydrogens is 532 g/mol. The van der Waals surface area contributed by atoms with Gasteiger partial charge in [0.15, 0.2) is 5.79 Å². The third kappa shape index (κ3) is 5.30. The molecule has 42 heavy (non-hydrogen) atoms. The second kappa shape index (κ2) is 11.0. The van der Waals surface area contributed by atoms with Crippen LogP contribution in [-0.2, 0) is 54.4 Å². The van der Waals surface area contributed by atoms with Crippen molar-refractivity contribution >= 4 is 29.2 Å². The third-order valence-electron chi connectivity index (χ3n) is 8.37. The summed E-state index contributed by atoms with van der Waals surface area (Å²) >= 11 is 0. The van der Waals surface area contributed by atoms with E-state index >= 15 is 0 Å². The Labute approximate surface area is 246 Å². The summed E-state index contributed by atoms with van der Waals surface area (Å²) in [5.41, 5.74) is 3.83. The molecule has 0 radical (unpaired) electrons. The van der Waals surface area contributed by atoms with Crippen LogP contribution in [0.25, 0.3) is 0 Å². The first-order chi connectivity index (χ1) is 19.9. The molecular formula is C33H38N4O5. The number of nitrogens with zero attached hydrogens (tertiary/aromatic N) is 2. The van der Waals surface area contributed by atoms with Crippen LogP contribution in [0.5, 0.6) is 0 Å². The van der Waals surface area contributed by atoms with E-state index in [0.29, 0.717) is 24.3 Å². The average Bonchev–Trinajstić information content (AvgIpc) is 3.48. The molecule has 2 aliphatic rings. The second-order valence-electron chi connectivity index (χ2n) is 12.2. The molecule has 2 N–H and O–H groups in total. The lowest BCUT2D eigenvalue weighted by molar-refractivity contribution is -0.202. The number of hydrogen-bond acceptors (Lipinski definition) is 6. The Bertz CT molecular complexity index is 1540. The van der Waals surface area contributed by atoms with Crippen LogP contribution in [0, 0.1) is 5.41 Å². The fourth-order valence-corrected chi connectivity index (χ4v) is 6.00. The van der Waals surface area contributed by atoms with Crippen LogP contribution in [-0.4, -0.2) is 48.4 Å². The van der Waals surface area contributed by atoms with E-state index in [2.05, 4.69) is 15.6 Å². The van der Waals surface area contributed by atoms with Crippen molar-refractivity contribution < 1.29 is 23.9 Å². The molecule has 0 saturated heterocycles. The molecule has 220 valence electrons. The van der Waals surface area contributed by atoms with E-state index in [4.69, 9.17) is 9.47 Å². The van der Waals surface area contributed by atoms with Gasteiger partial charge in [0.25, 0.3) is 0 Å². The van der Waals surface area contributed by atoms with Crippen molar-refractivity contribution in [2.75, 3.05) is 31.4 Å². The summed E-state index contributed by atoms with van der Waals surface area (Å²) in [5.74, 6) is -0.909. The fourth-order valence-electron chi connectivity index (χ4n) is 6.00. The maximum atomic E-state index is 13.5. The highest BCUT2D eigenvalue weighted by atomic mass is 16.7. The van der Waals surface area contributed by atoms with Gasteiger partial charge in [-0.25, -0.2) is 4.98 Å². The van der Waals surface area contributed by atoms with Crippen LogP contribution >= 0.6 is 0 Å². The molecule has 1 aromatic heterocycles. The average molecular weight is 571 g/mol. The largest absolute Gasteiger partial charge is 0.349 e. The topological polar surface area (TPSA) is 110 Å². The molecule has 0 bridgehead atoms. The SMILES string of the molecule is COC(C)(OC)c1ccccc1CN(CC(=O)Nc1ccc2c(c1)CC1(C2)C(=O)Nc2ncccc21)C(=O)C(C)(C)C. The van der Waals surface area contributed by atoms with Crippen molar-refractivity contribution in [3.05, 3.63) is 88.6 Å². The lowest BCUT2D eigenvalue weighted by Crippen LogP contribution is -2.43. The highest BCUT2D eigenvalue weighted by Crippen LogP contribution is 2.47. The highest BCUT2D eigenvalue weighted by Gasteiger charge is 2.51. The van der Waals surface area contributed by atoms with E-state index in [1.54, 1.807) is 25.3 Å². The zero-order valence-corrected chi connectivity index (χ0v) is 25.0. The van der Waals surface area contributed by atoms with Crippen LogP contribution in [0.3, 0.4) is 0 Å². The first kappa shape index (κ1) is 29.4. The molecule has 9 nitrogen and oxygen atoms in total. The summed E-state index contributed by atoms with van der Waals surface area (Å²) in [6, 6.07) is 17.1. The zero-order valence-electron chi connectivity index (χ0n) is 25.0. The summed E-state index contributed by atoms with van der Waals surface area (Å²) in [6.07, 6.45) is 2.78. The van der Waals surface area contributed by atoms with Crippen molar-refractivity contribution in [1.82, 2.24) is 9.88 Å². The number of pyridine rings is 1. The molecule has 1 aliphatic heterocycles. The molecule has 2 heterocycles. The maximum absolute atomic E-state index is 13.5. The van der Waals surface area contributed by atoms with Crippen molar-refractivity contribution in [3.63, 3.8) is 0 Å². The molecule has 1 aliphatic carbocycles. The van der Waals surface area contributed by atoms with Crippen molar-refractivity contribution in [2.45, 2.75) is 58.3 Å². The Morgan fingerprint density at radius 2 is 1.71 bits per heavy atom. The molecule has 0 saturated carbocycles. The van der Waals surface area contributed by atoms with Crippen LogP contribution in [0.15, 0.2) is 60.8 Å². The summed E-state index contributed by atoms with van der Waals surface area (Å²) in [5, 5.41) is 5.90. The molecule has 0 fully saturated rings. The van der Waals surface area contributed by atoms with E-state index in [0.717, 1.165) is 27.8 Å². The first-order valence-corrected chi connectivity index (χ1v) is 14.1. The predicted molar refractivity (Wildman–Crippen MR) is 160 cm³/mol. The van der Waals surface area contributed by atoms with Gasteiger partial charge in [-0.2, -0.15) is 0 Å². The van der Waals surface area contributed by atoms with Gasteiger partial charge in [0.1, 0.15) is 12.4 Å². The molecule has 5 rings (SSSR count). The quantitative estimate of drug-likeness (QED) is 0.385. The number of benzene rings is 2. The Morgan fingerprint density at radius 3 is 2.43 bits per heavy atom. The van der Waals surface area contributed by atoms with Gasteiger partial charge in [-0.1, -0.05) is 57.2 Å². The summed E-state index contributed by atoms with van der Waals surface area (Å²) < 4.78 is 11.3. The van der Waals surface area contributed by atoms with Crippen molar-refractivity contribution in [1.29, 1.82) is 0 Å². The van der Waals surface area contributed by atoms with E-state index in [9.17, 15) is 14.4 Å². The van der Waals surface area contributed by atoms with Gasteiger partial charge < -0.3 is 25.0 Å². The smallest absolute Gasteiger partial charge is 0.244 e. The molecule has 9 heteroatoms. The number of carbonyl (C=O) groups is 3. The molecule has 1 spiro atoms. The highest BCUT2D eigenvalue weighted by molar-refractivity contribution is 6.06. The monoisotopic (exact) mass is 570 g/mol. The zero-order chi connectivity index (χ0) is 30.3. The van der Waals surface area contributed by atoms with Gasteiger partial charge >= 0.3 is 0 Å². The number of methoxy groups -OCH3 is 2. The van der Waals surface area contributed by atoms with Crippen LogP contribution in [0.2, 0.25) is 0 Å². The minimum absolute atomic E-state index is 0.0485. The van der Waals surface area contributed by atoms with Crippen LogP contribution in [0.4, 0.5) is 11.5 Å². The number of nitrogens with one attached hydrogen (secondary N) is 2. The number of carbonyl (C=O) groups excluding carboxylic acids is 3. The van der Waals surface area contributed by atoms with Crippen molar-refractivity contribution in [2.24, 2.45) is 5.41 Å². The molecule has 1 unspecified atom stereocenters. The van der Waals surface area contributed by atoms with Gasteiger partial charge in [0, 0.05) is 49.2 Å².